The number of thioether (sulfide) groups is 1. The number of rotatable bonds is 3. The van der Waals surface area contributed by atoms with Gasteiger partial charge in [0.15, 0.2) is 0 Å². The van der Waals surface area contributed by atoms with Crippen LogP contribution in [0.5, 0.6) is 0 Å². The second kappa shape index (κ2) is 5.92. The maximum atomic E-state index is 6.46. The van der Waals surface area contributed by atoms with E-state index in [4.69, 9.17) is 5.73 Å². The standard InChI is InChI=1S/C17H21NS2/c1-11(2)12-3-5-13(6-4-12)17(18)16-9-14-10-19-8-7-15(14)20-16/h3-6,9,11,17H,7-8,10,18H2,1-2H3. The van der Waals surface area contributed by atoms with Gasteiger partial charge in [-0.25, -0.2) is 0 Å². The van der Waals surface area contributed by atoms with Crippen molar-refractivity contribution in [1.29, 1.82) is 0 Å². The number of fused-ring (bicyclic) bond motifs is 1. The van der Waals surface area contributed by atoms with Crippen LogP contribution >= 0.6 is 23.1 Å². The summed E-state index contributed by atoms with van der Waals surface area (Å²) in [5.41, 5.74) is 10.6. The van der Waals surface area contributed by atoms with E-state index in [0.717, 1.165) is 5.75 Å². The molecule has 20 heavy (non-hydrogen) atoms. The molecule has 1 aliphatic rings. The molecule has 0 saturated carbocycles. The summed E-state index contributed by atoms with van der Waals surface area (Å²) in [6.45, 7) is 4.44. The number of thiophene rings is 1. The molecular weight excluding hydrogens is 282 g/mol. The zero-order chi connectivity index (χ0) is 14.1. The van der Waals surface area contributed by atoms with Crippen LogP contribution in [0.2, 0.25) is 0 Å². The molecule has 0 aliphatic carbocycles. The number of benzene rings is 1. The van der Waals surface area contributed by atoms with Gasteiger partial charge in [-0.05, 0) is 40.8 Å². The second-order valence-corrected chi connectivity index (χ2v) is 7.97. The van der Waals surface area contributed by atoms with Gasteiger partial charge in [-0.2, -0.15) is 11.8 Å². The highest BCUT2D eigenvalue weighted by Gasteiger charge is 2.18. The van der Waals surface area contributed by atoms with Crippen LogP contribution in [0.1, 0.15) is 52.3 Å². The Balaban J connectivity index is 1.84. The molecule has 0 saturated heterocycles. The van der Waals surface area contributed by atoms with Gasteiger partial charge in [-0.3, -0.25) is 0 Å². The minimum atomic E-state index is 0.0248. The Morgan fingerprint density at radius 2 is 1.80 bits per heavy atom. The quantitative estimate of drug-likeness (QED) is 0.888. The molecule has 1 atom stereocenters. The van der Waals surface area contributed by atoms with Crippen molar-refractivity contribution in [3.05, 3.63) is 56.8 Å². The van der Waals surface area contributed by atoms with Crippen molar-refractivity contribution in [2.24, 2.45) is 5.73 Å². The molecule has 1 aromatic carbocycles. The Hall–Kier alpha value is -0.770. The lowest BCUT2D eigenvalue weighted by molar-refractivity contribution is 0.854. The molecule has 1 nitrogen and oxygen atoms in total. The fourth-order valence-electron chi connectivity index (χ4n) is 2.58. The molecule has 0 fully saturated rings. The molecule has 0 radical (unpaired) electrons. The smallest absolute Gasteiger partial charge is 0.0646 e. The summed E-state index contributed by atoms with van der Waals surface area (Å²) >= 11 is 3.94. The third-order valence-electron chi connectivity index (χ3n) is 3.92. The maximum Gasteiger partial charge on any atom is 0.0646 e. The first-order valence-corrected chi connectivity index (χ1v) is 9.17. The average Bonchev–Trinajstić information content (AvgIpc) is 2.90. The van der Waals surface area contributed by atoms with Crippen molar-refractivity contribution in [1.82, 2.24) is 0 Å². The molecule has 0 bridgehead atoms. The van der Waals surface area contributed by atoms with Crippen LogP contribution in [0.3, 0.4) is 0 Å². The van der Waals surface area contributed by atoms with Gasteiger partial charge in [-0.1, -0.05) is 38.1 Å². The van der Waals surface area contributed by atoms with Gasteiger partial charge in [-0.15, -0.1) is 11.3 Å². The van der Waals surface area contributed by atoms with E-state index in [0.29, 0.717) is 5.92 Å². The van der Waals surface area contributed by atoms with Crippen LogP contribution in [-0.2, 0) is 12.2 Å². The lowest BCUT2D eigenvalue weighted by Crippen LogP contribution is -2.10. The third kappa shape index (κ3) is 2.80. The zero-order valence-electron chi connectivity index (χ0n) is 12.1. The van der Waals surface area contributed by atoms with Crippen molar-refractivity contribution in [2.75, 3.05) is 5.75 Å². The predicted molar refractivity (Wildman–Crippen MR) is 90.7 cm³/mol. The molecule has 3 rings (SSSR count). The summed E-state index contributed by atoms with van der Waals surface area (Å²) in [6.07, 6.45) is 1.21. The lowest BCUT2D eigenvalue weighted by atomic mass is 9.98. The molecule has 1 aromatic heterocycles. The zero-order valence-corrected chi connectivity index (χ0v) is 13.7. The maximum absolute atomic E-state index is 6.46. The van der Waals surface area contributed by atoms with Gasteiger partial charge < -0.3 is 5.73 Å². The fraction of sp³-hybridized carbons (Fsp3) is 0.412. The van der Waals surface area contributed by atoms with Crippen molar-refractivity contribution in [3.8, 4) is 0 Å². The molecule has 0 spiro atoms. The summed E-state index contributed by atoms with van der Waals surface area (Å²) in [5.74, 6) is 2.99. The summed E-state index contributed by atoms with van der Waals surface area (Å²) in [5, 5.41) is 0. The van der Waals surface area contributed by atoms with E-state index < -0.39 is 0 Å². The Morgan fingerprint density at radius 1 is 1.10 bits per heavy atom. The van der Waals surface area contributed by atoms with E-state index in [1.165, 1.54) is 33.7 Å². The molecule has 2 aromatic rings. The van der Waals surface area contributed by atoms with Gasteiger partial charge in [0, 0.05) is 15.5 Å². The molecule has 2 heterocycles. The topological polar surface area (TPSA) is 26.0 Å². The summed E-state index contributed by atoms with van der Waals surface area (Å²) in [7, 11) is 0. The number of hydrogen-bond acceptors (Lipinski definition) is 3. The minimum Gasteiger partial charge on any atom is -0.320 e. The monoisotopic (exact) mass is 303 g/mol. The van der Waals surface area contributed by atoms with E-state index >= 15 is 0 Å². The van der Waals surface area contributed by atoms with Crippen molar-refractivity contribution in [2.45, 2.75) is 38.0 Å². The van der Waals surface area contributed by atoms with E-state index in [9.17, 15) is 0 Å². The van der Waals surface area contributed by atoms with E-state index in [1.807, 2.05) is 23.1 Å². The third-order valence-corrected chi connectivity index (χ3v) is 6.24. The van der Waals surface area contributed by atoms with Crippen LogP contribution in [0.25, 0.3) is 0 Å². The van der Waals surface area contributed by atoms with Gasteiger partial charge in [0.1, 0.15) is 0 Å². The van der Waals surface area contributed by atoms with Crippen molar-refractivity contribution < 1.29 is 0 Å². The molecule has 3 heteroatoms. The predicted octanol–water partition coefficient (Wildman–Crippen LogP) is 4.71. The van der Waals surface area contributed by atoms with Crippen molar-refractivity contribution >= 4 is 23.1 Å². The van der Waals surface area contributed by atoms with Crippen LogP contribution < -0.4 is 5.73 Å². The van der Waals surface area contributed by atoms with Crippen molar-refractivity contribution in [3.63, 3.8) is 0 Å². The molecule has 0 amide bonds. The average molecular weight is 303 g/mol. The summed E-state index contributed by atoms with van der Waals surface area (Å²) in [6, 6.07) is 11.2. The largest absolute Gasteiger partial charge is 0.320 e. The van der Waals surface area contributed by atoms with E-state index in [1.54, 1.807) is 4.88 Å². The normalized spacial score (nSPS) is 16.2. The minimum absolute atomic E-state index is 0.0248. The molecule has 1 unspecified atom stereocenters. The van der Waals surface area contributed by atoms with Crippen LogP contribution in [0, 0.1) is 0 Å². The van der Waals surface area contributed by atoms with E-state index in [2.05, 4.69) is 44.2 Å². The molecule has 1 aliphatic heterocycles. The van der Waals surface area contributed by atoms with Gasteiger partial charge in [0.2, 0.25) is 0 Å². The Labute approximate surface area is 129 Å². The number of aryl methyl sites for hydroxylation is 1. The highest BCUT2D eigenvalue weighted by molar-refractivity contribution is 7.98. The number of nitrogens with two attached hydrogens (primary N) is 1. The molecular formula is C17H21NS2. The Kier molecular flexibility index (Phi) is 4.20. The first-order chi connectivity index (χ1) is 9.65. The number of hydrogen-bond donors (Lipinski definition) is 1. The van der Waals surface area contributed by atoms with Gasteiger partial charge >= 0.3 is 0 Å². The summed E-state index contributed by atoms with van der Waals surface area (Å²) in [4.78, 5) is 2.86. The van der Waals surface area contributed by atoms with Gasteiger partial charge in [0.05, 0.1) is 6.04 Å². The lowest BCUT2D eigenvalue weighted by Gasteiger charge is -2.12. The fourth-order valence-corrected chi connectivity index (χ4v) is 4.98. The van der Waals surface area contributed by atoms with Gasteiger partial charge in [0.25, 0.3) is 0 Å². The van der Waals surface area contributed by atoms with Crippen LogP contribution in [-0.4, -0.2) is 5.75 Å². The first kappa shape index (κ1) is 14.2. The highest BCUT2D eigenvalue weighted by atomic mass is 32.2. The second-order valence-electron chi connectivity index (χ2n) is 5.70. The highest BCUT2D eigenvalue weighted by Crippen LogP contribution is 2.35. The van der Waals surface area contributed by atoms with Crippen LogP contribution in [0.4, 0.5) is 0 Å². The molecule has 2 N–H and O–H groups in total. The van der Waals surface area contributed by atoms with Crippen LogP contribution in [0.15, 0.2) is 30.3 Å². The summed E-state index contributed by atoms with van der Waals surface area (Å²) < 4.78 is 0. The first-order valence-electron chi connectivity index (χ1n) is 7.20. The van der Waals surface area contributed by atoms with E-state index in [-0.39, 0.29) is 6.04 Å². The SMILES string of the molecule is CC(C)c1ccc(C(N)c2cc3c(s2)CCSC3)cc1. The molecule has 106 valence electrons. The Bertz CT molecular complexity index is 560. The Morgan fingerprint density at radius 3 is 2.45 bits per heavy atom.